The standard InChI is InChI=1S/C59H99N15O18S/c1-10-31(5)47(49(62)82)73-46(81)26-63-51(84)42(27-75)71-54(87)39(21-23-93-9)67-58(91)44(29-77)72-53(86)38(19-20-45(61)80)66-57(90)43(28-76)70-50(83)33(7)64-55(88)41(25-35-15-17-36(79)18-16-35)69-52(85)37(14-12-13-22-60)68-59(92)48(32(6)11-2)74-56(89)40(24-30(3)4)65-34(8)78/h15-18,30-33,37-44,47-48,75-77,79H,10-14,19-29,60H2,1-9H3,(H2,61,80)(H2,62,82)(H,63,84)(H,64,88)(H,65,78)(H,66,90)(H,67,91)(H,68,92)(H,69,85)(H,70,83)(H,71,87)(H,72,86)(H,73,81)(H,74,89)/t31-,32-,33-,37-,38-,39-,40-,41-,42-,43-,44-,47-,48-/m0/s1. The average Bonchev–Trinajstić information content (AvgIpc) is 1.38. The minimum absolute atomic E-state index is 0.0163. The van der Waals surface area contributed by atoms with Crippen molar-refractivity contribution >= 4 is 94.5 Å². The molecule has 0 aliphatic heterocycles. The number of rotatable bonds is 45. The predicted octanol–water partition coefficient (Wildman–Crippen LogP) is -5.83. The second-order valence-electron chi connectivity index (χ2n) is 23.0. The van der Waals surface area contributed by atoms with Crippen LogP contribution in [0.25, 0.3) is 0 Å². The van der Waals surface area contributed by atoms with Gasteiger partial charge in [-0.05, 0) is 99.5 Å². The highest BCUT2D eigenvalue weighted by atomic mass is 32.2. The highest BCUT2D eigenvalue weighted by Gasteiger charge is 2.37. The van der Waals surface area contributed by atoms with Gasteiger partial charge >= 0.3 is 0 Å². The van der Waals surface area contributed by atoms with Gasteiger partial charge in [-0.1, -0.05) is 66.5 Å². The van der Waals surface area contributed by atoms with Gasteiger partial charge in [0.05, 0.1) is 26.4 Å². The maximum atomic E-state index is 14.3. The average molecular weight is 1340 g/mol. The fraction of sp³-hybridized carbons (Fsp3) is 0.661. The number of primary amides is 2. The Bertz CT molecular complexity index is 2680. The van der Waals surface area contributed by atoms with Gasteiger partial charge in [-0.15, -0.1) is 0 Å². The molecule has 0 saturated carbocycles. The summed E-state index contributed by atoms with van der Waals surface area (Å²) in [6.45, 7) is 9.44. The Morgan fingerprint density at radius 2 is 0.935 bits per heavy atom. The monoisotopic (exact) mass is 1340 g/mol. The van der Waals surface area contributed by atoms with Gasteiger partial charge in [0.2, 0.25) is 82.7 Å². The van der Waals surface area contributed by atoms with Crippen LogP contribution in [0.3, 0.4) is 0 Å². The van der Waals surface area contributed by atoms with Crippen LogP contribution in [0.5, 0.6) is 5.75 Å². The lowest BCUT2D eigenvalue weighted by molar-refractivity contribution is -0.137. The van der Waals surface area contributed by atoms with Crippen LogP contribution in [0.1, 0.15) is 119 Å². The zero-order valence-corrected chi connectivity index (χ0v) is 55.2. The van der Waals surface area contributed by atoms with E-state index < -0.39 is 194 Å². The van der Waals surface area contributed by atoms with Gasteiger partial charge in [0.25, 0.3) is 0 Å². The predicted molar refractivity (Wildman–Crippen MR) is 341 cm³/mol. The second kappa shape index (κ2) is 43.6. The SMILES string of the molecule is CC[C@H](C)[C@H](NC(=O)CNC(=O)[C@H](CO)NC(=O)[C@H](CCSC)NC(=O)[C@H](CO)NC(=O)[C@H](CCC(N)=O)NC(=O)[C@H](CO)NC(=O)[C@H](C)NC(=O)[C@H](Cc1ccc(O)cc1)NC(=O)[C@H](CCCCN)NC(=O)[C@@H](NC(=O)[C@H](CC(C)C)NC(C)=O)[C@@H](C)CC)C(N)=O. The number of hydrogen-bond donors (Lipinski definition) is 19. The number of aromatic hydroxyl groups is 1. The van der Waals surface area contributed by atoms with E-state index in [-0.39, 0.29) is 55.6 Å². The molecule has 1 aromatic rings. The number of hydrogen-bond acceptors (Lipinski definition) is 20. The lowest BCUT2D eigenvalue weighted by Gasteiger charge is -2.29. The number of aliphatic hydroxyl groups is 3. The first-order valence-corrected chi connectivity index (χ1v) is 32.2. The van der Waals surface area contributed by atoms with Gasteiger partial charge in [0.15, 0.2) is 0 Å². The molecule has 0 aliphatic carbocycles. The first-order valence-electron chi connectivity index (χ1n) is 30.8. The van der Waals surface area contributed by atoms with E-state index in [2.05, 4.69) is 63.8 Å². The summed E-state index contributed by atoms with van der Waals surface area (Å²) in [5.74, 6) is -13.7. The summed E-state index contributed by atoms with van der Waals surface area (Å²) in [5.41, 5.74) is 16.9. The Morgan fingerprint density at radius 1 is 0.495 bits per heavy atom. The van der Waals surface area contributed by atoms with Gasteiger partial charge in [0.1, 0.15) is 72.2 Å². The molecule has 93 heavy (non-hydrogen) atoms. The van der Waals surface area contributed by atoms with Gasteiger partial charge in [-0.2, -0.15) is 11.8 Å². The molecule has 0 radical (unpaired) electrons. The number of carbonyl (C=O) groups excluding carboxylic acids is 14. The Kier molecular flexibility index (Phi) is 38.8. The molecule has 0 aromatic heterocycles. The molecule has 0 heterocycles. The van der Waals surface area contributed by atoms with Gasteiger partial charge in [-0.3, -0.25) is 67.1 Å². The summed E-state index contributed by atoms with van der Waals surface area (Å²) in [4.78, 5) is 186. The number of aliphatic hydroxyl groups excluding tert-OH is 3. The van der Waals surface area contributed by atoms with Crippen molar-refractivity contribution in [3.63, 3.8) is 0 Å². The van der Waals surface area contributed by atoms with Gasteiger partial charge in [0, 0.05) is 19.8 Å². The molecule has 22 N–H and O–H groups in total. The fourth-order valence-electron chi connectivity index (χ4n) is 8.93. The van der Waals surface area contributed by atoms with E-state index in [0.717, 1.165) is 0 Å². The van der Waals surface area contributed by atoms with Gasteiger partial charge < -0.3 is 101 Å². The van der Waals surface area contributed by atoms with E-state index in [1.54, 1.807) is 34.0 Å². The molecular formula is C59H99N15O18S. The number of benzene rings is 1. The molecule has 0 spiro atoms. The minimum atomic E-state index is -1.87. The maximum Gasteiger partial charge on any atom is 0.245 e. The third-order valence-corrected chi connectivity index (χ3v) is 15.4. The van der Waals surface area contributed by atoms with Crippen molar-refractivity contribution in [1.29, 1.82) is 0 Å². The zero-order valence-electron chi connectivity index (χ0n) is 54.4. The first-order chi connectivity index (χ1) is 43.8. The van der Waals surface area contributed by atoms with Crippen LogP contribution in [-0.4, -0.2) is 215 Å². The molecule has 1 rings (SSSR count). The normalized spacial score (nSPS) is 15.3. The number of phenolic OH excluding ortho intramolecular Hbond substituents is 1. The molecule has 1 aromatic carbocycles. The topological polar surface area (TPSA) is 542 Å². The molecule has 34 heteroatoms. The van der Waals surface area contributed by atoms with Crippen LogP contribution in [-0.2, 0) is 73.5 Å². The number of unbranched alkanes of at least 4 members (excludes halogenated alkanes) is 1. The Morgan fingerprint density at radius 3 is 1.41 bits per heavy atom. The van der Waals surface area contributed by atoms with E-state index >= 15 is 0 Å². The van der Waals surface area contributed by atoms with Crippen LogP contribution in [0.4, 0.5) is 0 Å². The molecule has 0 bridgehead atoms. The quantitative estimate of drug-likeness (QED) is 0.0271. The molecular weight excluding hydrogens is 1240 g/mol. The highest BCUT2D eigenvalue weighted by molar-refractivity contribution is 7.98. The number of carbonyl (C=O) groups is 14. The summed E-state index contributed by atoms with van der Waals surface area (Å²) < 4.78 is 0. The van der Waals surface area contributed by atoms with Crippen molar-refractivity contribution in [2.45, 2.75) is 186 Å². The lowest BCUT2D eigenvalue weighted by Crippen LogP contribution is -2.61. The largest absolute Gasteiger partial charge is 0.508 e. The van der Waals surface area contributed by atoms with Crippen molar-refractivity contribution in [2.24, 2.45) is 35.0 Å². The molecule has 524 valence electrons. The van der Waals surface area contributed by atoms with Crippen molar-refractivity contribution in [2.75, 3.05) is 44.9 Å². The van der Waals surface area contributed by atoms with Crippen LogP contribution < -0.4 is 81.0 Å². The molecule has 0 unspecified atom stereocenters. The van der Waals surface area contributed by atoms with E-state index in [1.807, 2.05) is 13.8 Å². The Balaban J connectivity index is 3.39. The van der Waals surface area contributed by atoms with Crippen molar-refractivity contribution < 1.29 is 87.5 Å². The molecule has 0 fully saturated rings. The number of nitrogens with one attached hydrogen (secondary N) is 12. The summed E-state index contributed by atoms with van der Waals surface area (Å²) in [6.07, 6.45) is 2.15. The fourth-order valence-corrected chi connectivity index (χ4v) is 9.40. The third-order valence-electron chi connectivity index (χ3n) is 14.8. The Labute approximate surface area is 545 Å². The van der Waals surface area contributed by atoms with Crippen molar-refractivity contribution in [3.05, 3.63) is 29.8 Å². The van der Waals surface area contributed by atoms with Crippen LogP contribution >= 0.6 is 11.8 Å². The van der Waals surface area contributed by atoms with Crippen molar-refractivity contribution in [1.82, 2.24) is 63.8 Å². The third kappa shape index (κ3) is 30.9. The van der Waals surface area contributed by atoms with E-state index in [4.69, 9.17) is 17.2 Å². The summed E-state index contributed by atoms with van der Waals surface area (Å²) >= 11 is 1.25. The summed E-state index contributed by atoms with van der Waals surface area (Å²) in [5, 5.41) is 69.7. The minimum Gasteiger partial charge on any atom is -0.508 e. The number of thioether (sulfide) groups is 1. The number of nitrogens with two attached hydrogens (primary N) is 3. The smallest absolute Gasteiger partial charge is 0.245 e. The second-order valence-corrected chi connectivity index (χ2v) is 23.9. The molecule has 14 amide bonds. The van der Waals surface area contributed by atoms with Crippen LogP contribution in [0.2, 0.25) is 0 Å². The van der Waals surface area contributed by atoms with E-state index in [1.165, 1.54) is 49.9 Å². The molecule has 13 atom stereocenters. The summed E-state index contributed by atoms with van der Waals surface area (Å²) in [7, 11) is 0. The molecule has 0 aliphatic rings. The molecule has 33 nitrogen and oxygen atoms in total. The van der Waals surface area contributed by atoms with Crippen LogP contribution in [0, 0.1) is 17.8 Å². The lowest BCUT2D eigenvalue weighted by atomic mass is 9.96. The first kappa shape index (κ1) is 82.8. The summed E-state index contributed by atoms with van der Waals surface area (Å²) in [6, 6.07) is -10.6. The molecule has 0 saturated heterocycles. The van der Waals surface area contributed by atoms with E-state index in [9.17, 15) is 87.5 Å². The zero-order chi connectivity index (χ0) is 70.7. The Hall–Kier alpha value is -8.21. The van der Waals surface area contributed by atoms with E-state index in [0.29, 0.717) is 31.2 Å². The number of amides is 14. The number of phenols is 1. The van der Waals surface area contributed by atoms with Crippen molar-refractivity contribution in [3.8, 4) is 5.75 Å². The highest BCUT2D eigenvalue weighted by Crippen LogP contribution is 2.16. The van der Waals surface area contributed by atoms with Crippen LogP contribution in [0.15, 0.2) is 24.3 Å². The maximum absolute atomic E-state index is 14.3. The van der Waals surface area contributed by atoms with Gasteiger partial charge in [-0.25, -0.2) is 0 Å².